The van der Waals surface area contributed by atoms with Gasteiger partial charge in [-0.15, -0.1) is 0 Å². The number of ether oxygens (including phenoxy) is 1. The van der Waals surface area contributed by atoms with Crippen LogP contribution in [0.4, 0.5) is 0 Å². The molecule has 1 aliphatic rings. The van der Waals surface area contributed by atoms with Crippen LogP contribution in [-0.2, 0) is 4.74 Å². The molecule has 0 radical (unpaired) electrons. The summed E-state index contributed by atoms with van der Waals surface area (Å²) < 4.78 is 5.38. The molecule has 3 heteroatoms. The maximum atomic E-state index is 5.38. The third kappa shape index (κ3) is 7.02. The largest absolute Gasteiger partial charge is 0.379 e. The van der Waals surface area contributed by atoms with E-state index in [9.17, 15) is 0 Å². The number of hydrogen-bond donors (Lipinski definition) is 0. The van der Waals surface area contributed by atoms with Gasteiger partial charge in [-0.3, -0.25) is 4.90 Å². The molecule has 0 saturated carbocycles. The minimum Gasteiger partial charge on any atom is -0.379 e. The van der Waals surface area contributed by atoms with E-state index in [1.807, 2.05) is 0 Å². The molecule has 1 aliphatic heterocycles. The third-order valence-electron chi connectivity index (χ3n) is 3.49. The van der Waals surface area contributed by atoms with Gasteiger partial charge in [-0.1, -0.05) is 26.7 Å². The summed E-state index contributed by atoms with van der Waals surface area (Å²) in [5, 5.41) is 0. The van der Waals surface area contributed by atoms with Gasteiger partial charge in [-0.2, -0.15) is 0 Å². The van der Waals surface area contributed by atoms with E-state index in [2.05, 4.69) is 23.6 Å². The van der Waals surface area contributed by atoms with Crippen LogP contribution in [0.2, 0.25) is 0 Å². The zero-order valence-electron chi connectivity index (χ0n) is 11.8. The Labute approximate surface area is 107 Å². The zero-order chi connectivity index (χ0) is 12.3. The molecule has 3 nitrogen and oxygen atoms in total. The summed E-state index contributed by atoms with van der Waals surface area (Å²) in [6.07, 6.45) is 5.29. The Bertz CT molecular complexity index is 162. The second-order valence-corrected chi connectivity index (χ2v) is 5.00. The van der Waals surface area contributed by atoms with E-state index in [0.717, 1.165) is 26.3 Å². The molecule has 0 aliphatic carbocycles. The lowest BCUT2D eigenvalue weighted by molar-refractivity contribution is 0.0332. The Morgan fingerprint density at radius 2 is 1.53 bits per heavy atom. The van der Waals surface area contributed by atoms with Crippen LogP contribution < -0.4 is 0 Å². The second kappa shape index (κ2) is 9.86. The van der Waals surface area contributed by atoms with Crippen LogP contribution in [0.25, 0.3) is 0 Å². The molecule has 0 aromatic rings. The van der Waals surface area contributed by atoms with E-state index in [4.69, 9.17) is 4.74 Å². The summed E-state index contributed by atoms with van der Waals surface area (Å²) in [5.74, 6) is 0. The lowest BCUT2D eigenvalue weighted by Crippen LogP contribution is -2.41. The van der Waals surface area contributed by atoms with Crippen molar-refractivity contribution in [2.24, 2.45) is 0 Å². The lowest BCUT2D eigenvalue weighted by atomic mass is 10.2. The zero-order valence-corrected chi connectivity index (χ0v) is 11.8. The van der Waals surface area contributed by atoms with Crippen molar-refractivity contribution in [1.29, 1.82) is 0 Å². The van der Waals surface area contributed by atoms with Gasteiger partial charge in [0.15, 0.2) is 0 Å². The number of rotatable bonds is 9. The van der Waals surface area contributed by atoms with Gasteiger partial charge in [0.05, 0.1) is 13.2 Å². The molecule has 102 valence electrons. The Kier molecular flexibility index (Phi) is 8.67. The van der Waals surface area contributed by atoms with Crippen LogP contribution in [0.1, 0.15) is 39.5 Å². The van der Waals surface area contributed by atoms with Gasteiger partial charge in [-0.25, -0.2) is 0 Å². The molecule has 0 aromatic carbocycles. The highest BCUT2D eigenvalue weighted by Gasteiger charge is 2.11. The first-order valence-electron chi connectivity index (χ1n) is 7.39. The van der Waals surface area contributed by atoms with E-state index in [0.29, 0.717) is 0 Å². The highest BCUT2D eigenvalue weighted by molar-refractivity contribution is 4.66. The standard InChI is InChI=1S/C14H30N2O/c1-3-5-7-15(8-6-4-2)9-10-16-11-13-17-14-12-16/h3-14H2,1-2H3. The van der Waals surface area contributed by atoms with Gasteiger partial charge in [0.1, 0.15) is 0 Å². The predicted octanol–water partition coefficient (Wildman–Crippen LogP) is 2.22. The highest BCUT2D eigenvalue weighted by Crippen LogP contribution is 2.01. The fourth-order valence-corrected chi connectivity index (χ4v) is 2.21. The van der Waals surface area contributed by atoms with Gasteiger partial charge in [0, 0.05) is 26.2 Å². The third-order valence-corrected chi connectivity index (χ3v) is 3.49. The van der Waals surface area contributed by atoms with E-state index in [1.54, 1.807) is 0 Å². The first-order chi connectivity index (χ1) is 8.36. The summed E-state index contributed by atoms with van der Waals surface area (Å²) in [5.41, 5.74) is 0. The van der Waals surface area contributed by atoms with Crippen LogP contribution in [0.5, 0.6) is 0 Å². The maximum Gasteiger partial charge on any atom is 0.0594 e. The molecule has 1 heterocycles. The Morgan fingerprint density at radius 1 is 0.941 bits per heavy atom. The van der Waals surface area contributed by atoms with Gasteiger partial charge in [0.25, 0.3) is 0 Å². The van der Waals surface area contributed by atoms with Crippen molar-refractivity contribution in [3.8, 4) is 0 Å². The van der Waals surface area contributed by atoms with E-state index in [-0.39, 0.29) is 0 Å². The van der Waals surface area contributed by atoms with Crippen molar-refractivity contribution in [3.05, 3.63) is 0 Å². The molecule has 1 saturated heterocycles. The second-order valence-electron chi connectivity index (χ2n) is 5.00. The maximum absolute atomic E-state index is 5.38. The van der Waals surface area contributed by atoms with Crippen molar-refractivity contribution < 1.29 is 4.74 Å². The van der Waals surface area contributed by atoms with Crippen molar-refractivity contribution in [1.82, 2.24) is 9.80 Å². The lowest BCUT2D eigenvalue weighted by Gasteiger charge is -2.30. The molecule has 1 rings (SSSR count). The summed E-state index contributed by atoms with van der Waals surface area (Å²) in [6, 6.07) is 0. The fraction of sp³-hybridized carbons (Fsp3) is 1.00. The average Bonchev–Trinajstić information content (AvgIpc) is 2.39. The predicted molar refractivity (Wildman–Crippen MR) is 73.5 cm³/mol. The Morgan fingerprint density at radius 3 is 2.06 bits per heavy atom. The van der Waals surface area contributed by atoms with Gasteiger partial charge in [0.2, 0.25) is 0 Å². The monoisotopic (exact) mass is 242 g/mol. The van der Waals surface area contributed by atoms with Crippen molar-refractivity contribution in [3.63, 3.8) is 0 Å². The van der Waals surface area contributed by atoms with E-state index >= 15 is 0 Å². The highest BCUT2D eigenvalue weighted by atomic mass is 16.5. The number of morpholine rings is 1. The summed E-state index contributed by atoms with van der Waals surface area (Å²) in [6.45, 7) is 13.6. The fourth-order valence-electron chi connectivity index (χ4n) is 2.21. The summed E-state index contributed by atoms with van der Waals surface area (Å²) >= 11 is 0. The van der Waals surface area contributed by atoms with E-state index < -0.39 is 0 Å². The molecule has 17 heavy (non-hydrogen) atoms. The Hall–Kier alpha value is -0.120. The first-order valence-corrected chi connectivity index (χ1v) is 7.39. The molecule has 0 aromatic heterocycles. The van der Waals surface area contributed by atoms with Gasteiger partial charge < -0.3 is 9.64 Å². The summed E-state index contributed by atoms with van der Waals surface area (Å²) in [4.78, 5) is 5.18. The summed E-state index contributed by atoms with van der Waals surface area (Å²) in [7, 11) is 0. The molecule has 0 atom stereocenters. The van der Waals surface area contributed by atoms with Crippen LogP contribution in [0, 0.1) is 0 Å². The van der Waals surface area contributed by atoms with Crippen LogP contribution in [0.3, 0.4) is 0 Å². The van der Waals surface area contributed by atoms with Crippen LogP contribution in [0.15, 0.2) is 0 Å². The molecule has 0 amide bonds. The van der Waals surface area contributed by atoms with Gasteiger partial charge >= 0.3 is 0 Å². The number of hydrogen-bond acceptors (Lipinski definition) is 3. The minimum absolute atomic E-state index is 0.921. The molecular formula is C14H30N2O. The first kappa shape index (κ1) is 14.9. The SMILES string of the molecule is CCCCN(CCCC)CCN1CCOCC1. The minimum atomic E-state index is 0.921. The molecular weight excluding hydrogens is 212 g/mol. The topological polar surface area (TPSA) is 15.7 Å². The smallest absolute Gasteiger partial charge is 0.0594 e. The van der Waals surface area contributed by atoms with Crippen molar-refractivity contribution >= 4 is 0 Å². The molecule has 0 unspecified atom stereocenters. The molecule has 0 spiro atoms. The van der Waals surface area contributed by atoms with Crippen LogP contribution >= 0.6 is 0 Å². The molecule has 0 bridgehead atoms. The van der Waals surface area contributed by atoms with Crippen molar-refractivity contribution in [2.45, 2.75) is 39.5 Å². The number of unbranched alkanes of at least 4 members (excludes halogenated alkanes) is 2. The van der Waals surface area contributed by atoms with E-state index in [1.165, 1.54) is 51.9 Å². The molecule has 0 N–H and O–H groups in total. The van der Waals surface area contributed by atoms with Crippen molar-refractivity contribution in [2.75, 3.05) is 52.5 Å². The quantitative estimate of drug-likeness (QED) is 0.616. The number of nitrogens with zero attached hydrogens (tertiary/aromatic N) is 2. The Balaban J connectivity index is 2.16. The molecule has 1 fully saturated rings. The van der Waals surface area contributed by atoms with Crippen LogP contribution in [-0.4, -0.2) is 62.3 Å². The normalized spacial score (nSPS) is 17.8. The average molecular weight is 242 g/mol. The van der Waals surface area contributed by atoms with Gasteiger partial charge in [-0.05, 0) is 25.9 Å².